The number of nitrogens with zero attached hydrogens (tertiary/aromatic N) is 2. The van der Waals surface area contributed by atoms with Gasteiger partial charge in [-0.25, -0.2) is 4.98 Å². The summed E-state index contributed by atoms with van der Waals surface area (Å²) in [7, 11) is 0. The van der Waals surface area contributed by atoms with E-state index in [0.29, 0.717) is 11.4 Å². The van der Waals surface area contributed by atoms with Crippen LogP contribution in [0.4, 0.5) is 10.1 Å². The minimum atomic E-state index is -0.615. The zero-order valence-electron chi connectivity index (χ0n) is 9.95. The Hall–Kier alpha value is -1.59. The topological polar surface area (TPSA) is 61.0 Å². The van der Waals surface area contributed by atoms with Crippen molar-refractivity contribution in [3.05, 3.63) is 40.0 Å². The molecule has 0 unspecified atom stereocenters. The molecule has 2 rings (SSSR count). The van der Waals surface area contributed by atoms with Gasteiger partial charge in [-0.15, -0.1) is 0 Å². The third-order valence-corrected chi connectivity index (χ3v) is 3.15. The number of aryl methyl sites for hydroxylation is 1. The summed E-state index contributed by atoms with van der Waals surface area (Å²) in [6.45, 7) is 1.78. The number of nitrogen functional groups attached to an aromatic ring is 1. The van der Waals surface area contributed by atoms with Crippen molar-refractivity contribution >= 4 is 28.9 Å². The molecule has 1 aromatic carbocycles. The lowest BCUT2D eigenvalue weighted by Crippen LogP contribution is -2.01. The quantitative estimate of drug-likeness (QED) is 0.875. The molecule has 0 aliphatic rings. The highest BCUT2D eigenvalue weighted by atomic mass is 35.5. The van der Waals surface area contributed by atoms with Gasteiger partial charge in [0.2, 0.25) is 5.82 Å². The van der Waals surface area contributed by atoms with Crippen LogP contribution in [0.3, 0.4) is 0 Å². The van der Waals surface area contributed by atoms with E-state index in [4.69, 9.17) is 33.7 Å². The molecule has 2 aromatic rings. The lowest BCUT2D eigenvalue weighted by atomic mass is 10.3. The predicted octanol–water partition coefficient (Wildman–Crippen LogP) is 3.86. The average molecular weight is 302 g/mol. The normalized spacial score (nSPS) is 10.5. The van der Waals surface area contributed by atoms with Crippen molar-refractivity contribution in [1.29, 1.82) is 0 Å². The molecular weight excluding hydrogens is 292 g/mol. The Morgan fingerprint density at radius 3 is 2.63 bits per heavy atom. The minimum Gasteiger partial charge on any atom is -0.434 e. The Kier molecular flexibility index (Phi) is 4.07. The average Bonchev–Trinajstić information content (AvgIpc) is 2.38. The molecule has 0 saturated carbocycles. The van der Waals surface area contributed by atoms with Crippen molar-refractivity contribution in [2.75, 3.05) is 5.73 Å². The van der Waals surface area contributed by atoms with Gasteiger partial charge in [0.05, 0.1) is 21.4 Å². The number of aromatic nitrogens is 2. The van der Waals surface area contributed by atoms with Gasteiger partial charge in [0, 0.05) is 6.07 Å². The first-order valence-corrected chi connectivity index (χ1v) is 6.20. The van der Waals surface area contributed by atoms with Crippen LogP contribution in [0.1, 0.15) is 12.6 Å². The Morgan fingerprint density at radius 2 is 1.95 bits per heavy atom. The van der Waals surface area contributed by atoms with Crippen LogP contribution in [-0.2, 0) is 6.42 Å². The van der Waals surface area contributed by atoms with Crippen LogP contribution < -0.4 is 10.5 Å². The minimum absolute atomic E-state index is 0.189. The van der Waals surface area contributed by atoms with Crippen molar-refractivity contribution in [1.82, 2.24) is 9.97 Å². The van der Waals surface area contributed by atoms with E-state index in [9.17, 15) is 4.39 Å². The molecular formula is C12H10Cl2FN3O. The van der Waals surface area contributed by atoms with E-state index in [2.05, 4.69) is 9.97 Å². The van der Waals surface area contributed by atoms with E-state index in [1.165, 1.54) is 18.5 Å². The summed E-state index contributed by atoms with van der Waals surface area (Å²) in [6, 6.07) is 2.84. The van der Waals surface area contributed by atoms with Gasteiger partial charge in [-0.1, -0.05) is 30.1 Å². The highest BCUT2D eigenvalue weighted by Gasteiger charge is 2.14. The van der Waals surface area contributed by atoms with Crippen molar-refractivity contribution in [3.8, 4) is 11.6 Å². The second-order valence-electron chi connectivity index (χ2n) is 3.70. The first kappa shape index (κ1) is 13.8. The maximum Gasteiger partial charge on any atom is 0.259 e. The fourth-order valence-electron chi connectivity index (χ4n) is 1.44. The molecule has 0 amide bonds. The van der Waals surface area contributed by atoms with Crippen LogP contribution in [0, 0.1) is 5.82 Å². The lowest BCUT2D eigenvalue weighted by molar-refractivity contribution is 0.417. The van der Waals surface area contributed by atoms with Crippen molar-refractivity contribution < 1.29 is 9.13 Å². The molecule has 7 heteroatoms. The Labute approximate surface area is 119 Å². The zero-order chi connectivity index (χ0) is 14.0. The summed E-state index contributed by atoms with van der Waals surface area (Å²) in [6.07, 6.45) is 1.66. The predicted molar refractivity (Wildman–Crippen MR) is 72.3 cm³/mol. The summed E-state index contributed by atoms with van der Waals surface area (Å²) in [5, 5.41) is 0.556. The Morgan fingerprint density at radius 1 is 1.26 bits per heavy atom. The number of hydrogen-bond donors (Lipinski definition) is 1. The summed E-state index contributed by atoms with van der Waals surface area (Å²) in [5.74, 6) is -0.624. The van der Waals surface area contributed by atoms with Crippen molar-refractivity contribution in [2.24, 2.45) is 0 Å². The van der Waals surface area contributed by atoms with E-state index >= 15 is 0 Å². The van der Waals surface area contributed by atoms with Crippen LogP contribution in [0.5, 0.6) is 11.6 Å². The SMILES string of the molecule is CCc1ncnc(Oc2cc(Cl)c(Cl)cc2N)c1F. The van der Waals surface area contributed by atoms with Crippen LogP contribution >= 0.6 is 23.2 Å². The molecule has 0 radical (unpaired) electrons. The maximum atomic E-state index is 13.9. The third-order valence-electron chi connectivity index (χ3n) is 2.42. The van der Waals surface area contributed by atoms with Crippen LogP contribution in [0.15, 0.2) is 18.5 Å². The molecule has 19 heavy (non-hydrogen) atoms. The second-order valence-corrected chi connectivity index (χ2v) is 4.51. The standard InChI is InChI=1S/C12H10Cl2FN3O/c1-2-9-11(15)12(18-5-17-9)19-10-4-7(14)6(13)3-8(10)16/h3-5H,2,16H2,1H3. The van der Waals surface area contributed by atoms with Crippen LogP contribution in [0.25, 0.3) is 0 Å². The van der Waals surface area contributed by atoms with Gasteiger partial charge >= 0.3 is 0 Å². The zero-order valence-corrected chi connectivity index (χ0v) is 11.5. The molecule has 0 bridgehead atoms. The highest BCUT2D eigenvalue weighted by molar-refractivity contribution is 6.42. The van der Waals surface area contributed by atoms with E-state index in [0.717, 1.165) is 0 Å². The monoisotopic (exact) mass is 301 g/mol. The van der Waals surface area contributed by atoms with Crippen LogP contribution in [0.2, 0.25) is 10.0 Å². The fourth-order valence-corrected chi connectivity index (χ4v) is 1.77. The van der Waals surface area contributed by atoms with Gasteiger partial charge in [-0.05, 0) is 12.5 Å². The molecule has 0 spiro atoms. The molecule has 0 saturated heterocycles. The summed E-state index contributed by atoms with van der Waals surface area (Å²) >= 11 is 11.7. The molecule has 0 aliphatic carbocycles. The highest BCUT2D eigenvalue weighted by Crippen LogP contribution is 2.35. The number of benzene rings is 1. The fraction of sp³-hybridized carbons (Fsp3) is 0.167. The number of ether oxygens (including phenoxy) is 1. The molecule has 1 aromatic heterocycles. The Balaban J connectivity index is 2.39. The first-order valence-electron chi connectivity index (χ1n) is 5.44. The van der Waals surface area contributed by atoms with Gasteiger partial charge in [0.1, 0.15) is 6.33 Å². The third kappa shape index (κ3) is 2.88. The number of nitrogens with two attached hydrogens (primary N) is 1. The summed E-state index contributed by atoms with van der Waals surface area (Å²) in [5.41, 5.74) is 6.23. The molecule has 4 nitrogen and oxygen atoms in total. The Bertz CT molecular complexity index is 622. The largest absolute Gasteiger partial charge is 0.434 e. The van der Waals surface area contributed by atoms with E-state index < -0.39 is 5.82 Å². The van der Waals surface area contributed by atoms with Gasteiger partial charge < -0.3 is 10.5 Å². The first-order chi connectivity index (χ1) is 9.02. The van der Waals surface area contributed by atoms with Gasteiger partial charge in [0.15, 0.2) is 5.75 Å². The number of rotatable bonds is 3. The van der Waals surface area contributed by atoms with E-state index in [1.54, 1.807) is 6.92 Å². The molecule has 100 valence electrons. The van der Waals surface area contributed by atoms with E-state index in [-0.39, 0.29) is 28.0 Å². The van der Waals surface area contributed by atoms with Gasteiger partial charge in [-0.3, -0.25) is 0 Å². The van der Waals surface area contributed by atoms with Crippen molar-refractivity contribution in [3.63, 3.8) is 0 Å². The molecule has 0 fully saturated rings. The lowest BCUT2D eigenvalue weighted by Gasteiger charge is -2.10. The van der Waals surface area contributed by atoms with Gasteiger partial charge in [0.25, 0.3) is 5.88 Å². The molecule has 1 heterocycles. The number of halogens is 3. The number of anilines is 1. The van der Waals surface area contributed by atoms with Crippen molar-refractivity contribution in [2.45, 2.75) is 13.3 Å². The molecule has 0 aliphatic heterocycles. The second kappa shape index (κ2) is 5.59. The number of hydrogen-bond acceptors (Lipinski definition) is 4. The summed E-state index contributed by atoms with van der Waals surface area (Å²) < 4.78 is 19.2. The molecule has 0 atom stereocenters. The summed E-state index contributed by atoms with van der Waals surface area (Å²) in [4.78, 5) is 7.54. The maximum absolute atomic E-state index is 13.9. The van der Waals surface area contributed by atoms with Gasteiger partial charge in [-0.2, -0.15) is 9.37 Å². The van der Waals surface area contributed by atoms with E-state index in [1.807, 2.05) is 0 Å². The van der Waals surface area contributed by atoms with Crippen LogP contribution in [-0.4, -0.2) is 9.97 Å². The smallest absolute Gasteiger partial charge is 0.259 e. The molecule has 2 N–H and O–H groups in total.